The van der Waals surface area contributed by atoms with Crippen molar-refractivity contribution in [3.05, 3.63) is 52.4 Å². The van der Waals surface area contributed by atoms with Crippen LogP contribution in [0, 0.1) is 6.92 Å². The first-order valence-electron chi connectivity index (χ1n) is 6.35. The van der Waals surface area contributed by atoms with Crippen molar-refractivity contribution in [3.63, 3.8) is 0 Å². The van der Waals surface area contributed by atoms with Crippen molar-refractivity contribution < 1.29 is 9.21 Å². The largest absolute Gasteiger partial charge is 0.467 e. The molecule has 3 aromatic heterocycles. The minimum Gasteiger partial charge on any atom is -0.467 e. The topological polar surface area (TPSA) is 60.9 Å². The number of hydrogen-bond donors (Lipinski definition) is 0. The van der Waals surface area contributed by atoms with Gasteiger partial charge in [-0.05, 0) is 31.2 Å². The number of aryl methyl sites for hydroxylation is 1. The second kappa shape index (κ2) is 6.28. The van der Waals surface area contributed by atoms with Crippen LogP contribution in [0.25, 0.3) is 0 Å². The Morgan fingerprint density at radius 3 is 3.05 bits per heavy atom. The molecule has 0 aliphatic carbocycles. The van der Waals surface area contributed by atoms with E-state index in [9.17, 15) is 4.79 Å². The van der Waals surface area contributed by atoms with Crippen LogP contribution in [0.1, 0.15) is 20.3 Å². The van der Waals surface area contributed by atoms with Crippen molar-refractivity contribution in [3.8, 4) is 0 Å². The molecule has 0 unspecified atom stereocenters. The molecule has 21 heavy (non-hydrogen) atoms. The molecule has 0 saturated carbocycles. The zero-order chi connectivity index (χ0) is 14.7. The second-order valence-electron chi connectivity index (χ2n) is 4.44. The van der Waals surface area contributed by atoms with Gasteiger partial charge in [-0.2, -0.15) is 0 Å². The number of rotatable bonds is 6. The summed E-state index contributed by atoms with van der Waals surface area (Å²) < 4.78 is 7.18. The normalized spacial score (nSPS) is 10.9. The molecule has 3 aromatic rings. The number of Topliss-reactive ketones (excluding diaryl/α,β-unsaturated/α-hetero) is 1. The molecular formula is C14H13N3O2S2. The smallest absolute Gasteiger partial charge is 0.191 e. The predicted molar refractivity (Wildman–Crippen MR) is 81.9 cm³/mol. The number of furan rings is 1. The number of nitrogens with zero attached hydrogens (tertiary/aromatic N) is 3. The molecule has 0 N–H and O–H groups in total. The van der Waals surface area contributed by atoms with Crippen LogP contribution < -0.4 is 0 Å². The monoisotopic (exact) mass is 319 g/mol. The highest BCUT2D eigenvalue weighted by molar-refractivity contribution is 7.99. The van der Waals surface area contributed by atoms with Crippen molar-refractivity contribution in [2.75, 3.05) is 5.75 Å². The van der Waals surface area contributed by atoms with Crippen LogP contribution in [0.5, 0.6) is 0 Å². The van der Waals surface area contributed by atoms with Gasteiger partial charge in [0.1, 0.15) is 12.1 Å². The minimum absolute atomic E-state index is 0.116. The van der Waals surface area contributed by atoms with Crippen LogP contribution in [0.4, 0.5) is 0 Å². The zero-order valence-electron chi connectivity index (χ0n) is 11.4. The van der Waals surface area contributed by atoms with Crippen molar-refractivity contribution in [1.82, 2.24) is 14.8 Å². The molecule has 3 rings (SSSR count). The highest BCUT2D eigenvalue weighted by Gasteiger charge is 2.12. The first-order valence-corrected chi connectivity index (χ1v) is 8.15. The first-order chi connectivity index (χ1) is 10.2. The Hall–Kier alpha value is -1.86. The summed E-state index contributed by atoms with van der Waals surface area (Å²) in [4.78, 5) is 14.0. The lowest BCUT2D eigenvalue weighted by atomic mass is 10.3. The molecule has 3 heterocycles. The lowest BCUT2D eigenvalue weighted by Gasteiger charge is -2.03. The fourth-order valence-electron chi connectivity index (χ4n) is 1.82. The van der Waals surface area contributed by atoms with E-state index < -0.39 is 0 Å². The van der Waals surface area contributed by atoms with Crippen LogP contribution in [0.3, 0.4) is 0 Å². The van der Waals surface area contributed by atoms with E-state index in [1.165, 1.54) is 23.1 Å². The van der Waals surface area contributed by atoms with Crippen molar-refractivity contribution >= 4 is 28.9 Å². The Kier molecular flexibility index (Phi) is 4.21. The van der Waals surface area contributed by atoms with E-state index in [4.69, 9.17) is 4.42 Å². The maximum atomic E-state index is 12.1. The Labute approximate surface area is 130 Å². The van der Waals surface area contributed by atoms with Gasteiger partial charge in [0, 0.05) is 4.88 Å². The van der Waals surface area contributed by atoms with Crippen molar-refractivity contribution in [1.29, 1.82) is 0 Å². The third-order valence-electron chi connectivity index (χ3n) is 2.83. The van der Waals surface area contributed by atoms with Crippen molar-refractivity contribution in [2.24, 2.45) is 0 Å². The van der Waals surface area contributed by atoms with Gasteiger partial charge in [-0.3, -0.25) is 4.79 Å². The summed E-state index contributed by atoms with van der Waals surface area (Å²) in [7, 11) is 0. The average Bonchev–Trinajstić information content (AvgIpc) is 3.19. The van der Waals surface area contributed by atoms with E-state index in [0.717, 1.165) is 15.5 Å². The maximum Gasteiger partial charge on any atom is 0.191 e. The Balaban J connectivity index is 1.63. The second-order valence-corrected chi connectivity index (χ2v) is 6.67. The van der Waals surface area contributed by atoms with E-state index in [1.54, 1.807) is 12.6 Å². The minimum atomic E-state index is 0.116. The molecule has 0 aliphatic rings. The summed E-state index contributed by atoms with van der Waals surface area (Å²) in [6.07, 6.45) is 3.28. The van der Waals surface area contributed by atoms with E-state index >= 15 is 0 Å². The van der Waals surface area contributed by atoms with Crippen molar-refractivity contribution in [2.45, 2.75) is 18.6 Å². The number of thioether (sulfide) groups is 1. The van der Waals surface area contributed by atoms with Crippen LogP contribution in [0.2, 0.25) is 0 Å². The van der Waals surface area contributed by atoms with Gasteiger partial charge in [-0.1, -0.05) is 11.8 Å². The molecule has 0 bridgehead atoms. The first kappa shape index (κ1) is 14.1. The number of aromatic nitrogens is 3. The lowest BCUT2D eigenvalue weighted by molar-refractivity contribution is 0.102. The number of carbonyl (C=O) groups excluding carboxylic acids is 1. The number of thiophene rings is 1. The zero-order valence-corrected chi connectivity index (χ0v) is 13.0. The van der Waals surface area contributed by atoms with Crippen LogP contribution in [-0.4, -0.2) is 26.3 Å². The van der Waals surface area contributed by atoms with Gasteiger partial charge >= 0.3 is 0 Å². The van der Waals surface area contributed by atoms with E-state index in [0.29, 0.717) is 17.5 Å². The van der Waals surface area contributed by atoms with E-state index in [2.05, 4.69) is 10.2 Å². The molecule has 0 spiro atoms. The third kappa shape index (κ3) is 3.43. The Morgan fingerprint density at radius 2 is 2.33 bits per heavy atom. The maximum absolute atomic E-state index is 12.1. The summed E-state index contributed by atoms with van der Waals surface area (Å²) in [5.74, 6) is 1.30. The lowest BCUT2D eigenvalue weighted by Crippen LogP contribution is -2.03. The SMILES string of the molecule is Cc1ccc(C(=O)CSc2nncn2Cc2ccco2)s1. The quantitative estimate of drug-likeness (QED) is 0.515. The standard InChI is InChI=1S/C14H13N3O2S2/c1-10-4-5-13(21-10)12(18)8-20-14-16-15-9-17(14)7-11-3-2-6-19-11/h2-6,9H,7-8H2,1H3. The fourth-order valence-corrected chi connectivity index (χ4v) is 3.52. The molecule has 0 radical (unpaired) electrons. The molecule has 0 atom stereocenters. The van der Waals surface area contributed by atoms with E-state index in [-0.39, 0.29) is 5.78 Å². The molecule has 0 aromatic carbocycles. The van der Waals surface area contributed by atoms with Gasteiger partial charge in [0.25, 0.3) is 0 Å². The number of carbonyl (C=O) groups is 1. The molecule has 108 valence electrons. The Bertz CT molecular complexity index is 731. The summed E-state index contributed by atoms with van der Waals surface area (Å²) >= 11 is 2.91. The Morgan fingerprint density at radius 1 is 1.43 bits per heavy atom. The van der Waals surface area contributed by atoms with Gasteiger partial charge in [-0.15, -0.1) is 21.5 Å². The number of ketones is 1. The average molecular weight is 319 g/mol. The molecule has 5 nitrogen and oxygen atoms in total. The van der Waals surface area contributed by atoms with Crippen LogP contribution in [0.15, 0.2) is 46.4 Å². The molecule has 7 heteroatoms. The van der Waals surface area contributed by atoms with Gasteiger partial charge in [0.15, 0.2) is 10.9 Å². The van der Waals surface area contributed by atoms with Crippen LogP contribution >= 0.6 is 23.1 Å². The van der Waals surface area contributed by atoms with Gasteiger partial charge < -0.3 is 8.98 Å². The summed E-state index contributed by atoms with van der Waals surface area (Å²) in [6, 6.07) is 7.57. The predicted octanol–water partition coefficient (Wildman–Crippen LogP) is 3.26. The van der Waals surface area contributed by atoms with E-state index in [1.807, 2.05) is 35.8 Å². The van der Waals surface area contributed by atoms with Gasteiger partial charge in [0.05, 0.1) is 23.4 Å². The third-order valence-corrected chi connectivity index (χ3v) is 4.86. The molecule has 0 amide bonds. The highest BCUT2D eigenvalue weighted by Crippen LogP contribution is 2.21. The molecule has 0 fully saturated rings. The molecule has 0 aliphatic heterocycles. The molecule has 0 saturated heterocycles. The summed E-state index contributed by atoms with van der Waals surface area (Å²) in [6.45, 7) is 2.56. The van der Waals surface area contributed by atoms with Gasteiger partial charge in [0.2, 0.25) is 0 Å². The highest BCUT2D eigenvalue weighted by atomic mass is 32.2. The molecular weight excluding hydrogens is 306 g/mol. The number of hydrogen-bond acceptors (Lipinski definition) is 6. The summed E-state index contributed by atoms with van der Waals surface area (Å²) in [5.41, 5.74) is 0. The van der Waals surface area contributed by atoms with Gasteiger partial charge in [-0.25, -0.2) is 0 Å². The summed E-state index contributed by atoms with van der Waals surface area (Å²) in [5, 5.41) is 8.67. The fraction of sp³-hybridized carbons (Fsp3) is 0.214. The van der Waals surface area contributed by atoms with Crippen LogP contribution in [-0.2, 0) is 6.54 Å².